The molecular formula is C37H31N5O6S2. The molecule has 0 spiro atoms. The van der Waals surface area contributed by atoms with Crippen LogP contribution in [0.3, 0.4) is 0 Å². The number of carbonyl (C=O) groups excluding carboxylic acids is 2. The molecule has 13 heteroatoms. The van der Waals surface area contributed by atoms with Gasteiger partial charge in [-0.15, -0.1) is 0 Å². The molecule has 0 aliphatic carbocycles. The van der Waals surface area contributed by atoms with Crippen LogP contribution in [0, 0.1) is 0 Å². The van der Waals surface area contributed by atoms with Crippen LogP contribution < -0.4 is 4.72 Å². The van der Waals surface area contributed by atoms with Crippen LogP contribution in [0.15, 0.2) is 131 Å². The normalized spacial score (nSPS) is 13.8. The van der Waals surface area contributed by atoms with Gasteiger partial charge in [0.15, 0.2) is 9.84 Å². The van der Waals surface area contributed by atoms with Crippen LogP contribution in [0.25, 0.3) is 21.8 Å². The summed E-state index contributed by atoms with van der Waals surface area (Å²) in [5, 5.41) is 1.45. The van der Waals surface area contributed by atoms with Crippen molar-refractivity contribution in [3.63, 3.8) is 0 Å². The Bertz CT molecular complexity index is 2280. The van der Waals surface area contributed by atoms with Gasteiger partial charge >= 0.3 is 0 Å². The van der Waals surface area contributed by atoms with E-state index in [1.54, 1.807) is 101 Å². The summed E-state index contributed by atoms with van der Waals surface area (Å²) in [6.07, 6.45) is 3.11. The van der Waals surface area contributed by atoms with Crippen LogP contribution in [0.4, 0.5) is 5.69 Å². The smallest absolute Gasteiger partial charge is 0.264 e. The first-order chi connectivity index (χ1) is 24.1. The summed E-state index contributed by atoms with van der Waals surface area (Å²) in [4.78, 5) is 38.6. The summed E-state index contributed by atoms with van der Waals surface area (Å²) in [6, 6.07) is 29.9. The maximum absolute atomic E-state index is 13.3. The van der Waals surface area contributed by atoms with Crippen molar-refractivity contribution in [2.75, 3.05) is 30.9 Å². The number of rotatable bonds is 8. The van der Waals surface area contributed by atoms with Gasteiger partial charge in [0.05, 0.1) is 21.7 Å². The predicted molar refractivity (Wildman–Crippen MR) is 190 cm³/mol. The van der Waals surface area contributed by atoms with E-state index in [-0.39, 0.29) is 27.4 Å². The molecule has 0 atom stereocenters. The molecule has 1 aliphatic heterocycles. The summed E-state index contributed by atoms with van der Waals surface area (Å²) < 4.78 is 55.4. The van der Waals surface area contributed by atoms with Crippen molar-refractivity contribution in [1.82, 2.24) is 19.8 Å². The molecule has 0 radical (unpaired) electrons. The van der Waals surface area contributed by atoms with Crippen molar-refractivity contribution in [3.05, 3.63) is 138 Å². The number of nitrogens with zero attached hydrogens (tertiary/aromatic N) is 4. The maximum Gasteiger partial charge on any atom is 0.264 e. The van der Waals surface area contributed by atoms with E-state index >= 15 is 0 Å². The van der Waals surface area contributed by atoms with Gasteiger partial charge in [-0.3, -0.25) is 24.3 Å². The van der Waals surface area contributed by atoms with Gasteiger partial charge in [-0.25, -0.2) is 16.8 Å². The number of nitrogens with one attached hydrogen (secondary N) is 1. The molecule has 7 rings (SSSR count). The molecule has 3 heterocycles. The van der Waals surface area contributed by atoms with E-state index in [9.17, 15) is 26.4 Å². The quantitative estimate of drug-likeness (QED) is 0.229. The molecule has 0 unspecified atom stereocenters. The number of sulfone groups is 1. The summed E-state index contributed by atoms with van der Waals surface area (Å²) in [5.41, 5.74) is 2.47. The Labute approximate surface area is 289 Å². The van der Waals surface area contributed by atoms with E-state index in [4.69, 9.17) is 0 Å². The largest absolute Gasteiger partial charge is 0.335 e. The summed E-state index contributed by atoms with van der Waals surface area (Å²) >= 11 is 0. The second-order valence-corrected chi connectivity index (χ2v) is 15.5. The topological polar surface area (TPSA) is 147 Å². The lowest BCUT2D eigenvalue weighted by molar-refractivity contribution is 0.0535. The van der Waals surface area contributed by atoms with Crippen molar-refractivity contribution >= 4 is 59.2 Å². The molecule has 6 aromatic rings. The van der Waals surface area contributed by atoms with Crippen molar-refractivity contribution < 1.29 is 26.4 Å². The van der Waals surface area contributed by atoms with Crippen molar-refractivity contribution in [1.29, 1.82) is 0 Å². The second kappa shape index (κ2) is 13.3. The van der Waals surface area contributed by atoms with Gasteiger partial charge < -0.3 is 9.80 Å². The van der Waals surface area contributed by atoms with Gasteiger partial charge in [-0.05, 0) is 66.2 Å². The highest BCUT2D eigenvalue weighted by Crippen LogP contribution is 2.26. The number of hydrogen-bond acceptors (Lipinski definition) is 8. The Morgan fingerprint density at radius 1 is 0.580 bits per heavy atom. The molecule has 1 aliphatic rings. The van der Waals surface area contributed by atoms with Gasteiger partial charge in [0.25, 0.3) is 21.8 Å². The fourth-order valence-corrected chi connectivity index (χ4v) is 8.81. The van der Waals surface area contributed by atoms with E-state index in [0.717, 1.165) is 5.39 Å². The molecule has 1 fully saturated rings. The minimum absolute atomic E-state index is 0.0571. The lowest BCUT2D eigenvalue weighted by atomic mass is 10.1. The minimum Gasteiger partial charge on any atom is -0.335 e. The highest BCUT2D eigenvalue weighted by molar-refractivity contribution is 7.93. The first-order valence-corrected chi connectivity index (χ1v) is 18.9. The molecule has 0 bridgehead atoms. The zero-order valence-electron chi connectivity index (χ0n) is 26.6. The van der Waals surface area contributed by atoms with Gasteiger partial charge in [0.2, 0.25) is 0 Å². The summed E-state index contributed by atoms with van der Waals surface area (Å²) in [6.45, 7) is 1.29. The number of aromatic nitrogens is 2. The number of piperazine rings is 1. The van der Waals surface area contributed by atoms with Crippen LogP contribution in [0.2, 0.25) is 0 Å². The third-order valence-electron chi connectivity index (χ3n) is 8.61. The highest BCUT2D eigenvalue weighted by Gasteiger charge is 2.26. The monoisotopic (exact) mass is 705 g/mol. The number of pyridine rings is 2. The molecule has 252 valence electrons. The molecule has 1 N–H and O–H groups in total. The number of carbonyl (C=O) groups is 2. The number of anilines is 1. The van der Waals surface area contributed by atoms with Gasteiger partial charge in [-0.1, -0.05) is 48.5 Å². The zero-order valence-corrected chi connectivity index (χ0v) is 28.3. The van der Waals surface area contributed by atoms with Gasteiger partial charge in [-0.2, -0.15) is 0 Å². The molecule has 0 saturated carbocycles. The molecular weight excluding hydrogens is 675 g/mol. The third-order valence-corrected chi connectivity index (χ3v) is 11.7. The van der Waals surface area contributed by atoms with Crippen LogP contribution in [0.1, 0.15) is 26.3 Å². The number of fused-ring (bicyclic) bond motifs is 2. The molecule has 11 nitrogen and oxygen atoms in total. The van der Waals surface area contributed by atoms with E-state index in [1.807, 2.05) is 12.1 Å². The lowest BCUT2D eigenvalue weighted by Crippen LogP contribution is -2.50. The highest BCUT2D eigenvalue weighted by atomic mass is 32.2. The average Bonchev–Trinajstić information content (AvgIpc) is 3.14. The molecule has 4 aromatic carbocycles. The minimum atomic E-state index is -3.93. The number of amides is 2. The lowest BCUT2D eigenvalue weighted by Gasteiger charge is -2.35. The van der Waals surface area contributed by atoms with Crippen molar-refractivity contribution in [2.45, 2.75) is 15.5 Å². The van der Waals surface area contributed by atoms with Crippen LogP contribution in [-0.4, -0.2) is 74.6 Å². The molecule has 2 amide bonds. The number of para-hydroxylation sites is 2. The fraction of sp³-hybridized carbons (Fsp3) is 0.135. The second-order valence-electron chi connectivity index (χ2n) is 11.9. The van der Waals surface area contributed by atoms with Crippen LogP contribution in [0.5, 0.6) is 0 Å². The SMILES string of the molecule is O=C(c1ccc(CS(=O)(=O)c2cccc3cccnc23)cc1)N1CCN(C(=O)c2ccc(NS(=O)(=O)c3cccc4cccnc34)cc2)CC1. The Morgan fingerprint density at radius 2 is 1.04 bits per heavy atom. The number of sulfonamides is 1. The van der Waals surface area contributed by atoms with Crippen LogP contribution >= 0.6 is 0 Å². The Kier molecular flexibility index (Phi) is 8.76. The van der Waals surface area contributed by atoms with E-state index in [1.165, 1.54) is 18.2 Å². The third kappa shape index (κ3) is 6.65. The van der Waals surface area contributed by atoms with Gasteiger partial charge in [0, 0.05) is 66.2 Å². The Hall–Kier alpha value is -5.66. The first kappa shape index (κ1) is 32.9. The summed E-state index contributed by atoms with van der Waals surface area (Å²) in [7, 11) is -7.62. The molecule has 50 heavy (non-hydrogen) atoms. The van der Waals surface area contributed by atoms with E-state index < -0.39 is 19.9 Å². The van der Waals surface area contributed by atoms with Crippen LogP contribution in [-0.2, 0) is 25.6 Å². The zero-order chi connectivity index (χ0) is 34.9. The van der Waals surface area contributed by atoms with Crippen molar-refractivity contribution in [2.24, 2.45) is 0 Å². The Morgan fingerprint density at radius 3 is 1.58 bits per heavy atom. The average molecular weight is 706 g/mol. The van der Waals surface area contributed by atoms with Gasteiger partial charge in [0.1, 0.15) is 4.90 Å². The molecule has 1 saturated heterocycles. The van der Waals surface area contributed by atoms with Crippen molar-refractivity contribution in [3.8, 4) is 0 Å². The Balaban J connectivity index is 0.948. The number of benzene rings is 4. The van der Waals surface area contributed by atoms with E-state index in [0.29, 0.717) is 65.0 Å². The fourth-order valence-electron chi connectivity index (χ4n) is 6.03. The summed E-state index contributed by atoms with van der Waals surface area (Å²) in [5.74, 6) is -0.661. The predicted octanol–water partition coefficient (Wildman–Crippen LogP) is 5.16. The first-order valence-electron chi connectivity index (χ1n) is 15.8. The van der Waals surface area contributed by atoms with E-state index in [2.05, 4.69) is 14.7 Å². The molecule has 2 aromatic heterocycles. The number of hydrogen-bond donors (Lipinski definition) is 1. The standard InChI is InChI=1S/C37H31N5O6S2/c43-36(29-13-11-26(12-14-29)25-49(45,46)32-9-1-5-27-7-3-19-38-34(27)32)41-21-23-42(24-22-41)37(44)30-15-17-31(18-16-30)40-50(47,48)33-10-2-6-28-8-4-20-39-35(28)33/h1-20,40H,21-25H2. The maximum atomic E-state index is 13.3.